The molecule has 1 unspecified atom stereocenters. The van der Waals surface area contributed by atoms with Crippen molar-refractivity contribution in [3.63, 3.8) is 0 Å². The molecule has 1 saturated heterocycles. The zero-order valence-corrected chi connectivity index (χ0v) is 10.1. The lowest BCUT2D eigenvalue weighted by Crippen LogP contribution is -2.53. The number of aliphatic carboxylic acids is 1. The number of carboxylic acid groups (broad SMARTS) is 1. The van der Waals surface area contributed by atoms with E-state index in [-0.39, 0.29) is 19.7 Å². The molecule has 1 heterocycles. The lowest BCUT2D eigenvalue weighted by Gasteiger charge is -2.33. The van der Waals surface area contributed by atoms with Crippen molar-refractivity contribution in [1.82, 2.24) is 9.80 Å². The zero-order valence-electron chi connectivity index (χ0n) is 10.1. The van der Waals surface area contributed by atoms with Crippen molar-refractivity contribution in [2.45, 2.75) is 6.10 Å². The SMILES string of the molecule is N#CC1CN(C(=O)N(CC(N)=O)CC(=O)O)CCO1. The van der Waals surface area contributed by atoms with Crippen LogP contribution < -0.4 is 5.73 Å². The van der Waals surface area contributed by atoms with Gasteiger partial charge in [-0.1, -0.05) is 0 Å². The number of hydrogen-bond donors (Lipinski definition) is 2. The predicted octanol–water partition coefficient (Wildman–Crippen LogP) is -1.80. The van der Waals surface area contributed by atoms with Gasteiger partial charge in [0.25, 0.3) is 0 Å². The second-order valence-electron chi connectivity index (χ2n) is 3.93. The molecule has 0 saturated carbocycles. The van der Waals surface area contributed by atoms with Crippen molar-refractivity contribution in [3.05, 3.63) is 0 Å². The van der Waals surface area contributed by atoms with E-state index in [0.29, 0.717) is 0 Å². The van der Waals surface area contributed by atoms with E-state index in [1.165, 1.54) is 4.90 Å². The van der Waals surface area contributed by atoms with E-state index in [1.54, 1.807) is 0 Å². The van der Waals surface area contributed by atoms with Crippen LogP contribution in [0.3, 0.4) is 0 Å². The molecule has 0 spiro atoms. The molecular weight excluding hydrogens is 256 g/mol. The minimum atomic E-state index is -1.25. The van der Waals surface area contributed by atoms with Crippen LogP contribution in [0.2, 0.25) is 0 Å². The second kappa shape index (κ2) is 6.55. The Kier molecular flexibility index (Phi) is 5.08. The smallest absolute Gasteiger partial charge is 0.323 e. The second-order valence-corrected chi connectivity index (χ2v) is 3.93. The van der Waals surface area contributed by atoms with E-state index in [0.717, 1.165) is 4.90 Å². The largest absolute Gasteiger partial charge is 0.480 e. The first-order valence-electron chi connectivity index (χ1n) is 5.49. The lowest BCUT2D eigenvalue weighted by molar-refractivity contribution is -0.138. The third kappa shape index (κ3) is 4.44. The highest BCUT2D eigenvalue weighted by atomic mass is 16.5. The number of nitriles is 1. The van der Waals surface area contributed by atoms with Gasteiger partial charge in [-0.3, -0.25) is 9.59 Å². The van der Waals surface area contributed by atoms with Crippen molar-refractivity contribution >= 4 is 17.9 Å². The van der Waals surface area contributed by atoms with E-state index in [1.807, 2.05) is 6.07 Å². The number of nitrogens with two attached hydrogens (primary N) is 1. The molecule has 19 heavy (non-hydrogen) atoms. The summed E-state index contributed by atoms with van der Waals surface area (Å²) in [6.07, 6.45) is -0.752. The maximum absolute atomic E-state index is 12.0. The van der Waals surface area contributed by atoms with E-state index in [2.05, 4.69) is 0 Å². The molecule has 0 bridgehead atoms. The summed E-state index contributed by atoms with van der Waals surface area (Å²) >= 11 is 0. The van der Waals surface area contributed by atoms with E-state index in [9.17, 15) is 14.4 Å². The minimum absolute atomic E-state index is 0.0320. The first-order valence-corrected chi connectivity index (χ1v) is 5.49. The Morgan fingerprint density at radius 3 is 2.68 bits per heavy atom. The maximum Gasteiger partial charge on any atom is 0.323 e. The van der Waals surface area contributed by atoms with Crippen LogP contribution in [-0.4, -0.2) is 71.7 Å². The Morgan fingerprint density at radius 2 is 2.16 bits per heavy atom. The van der Waals surface area contributed by atoms with E-state index >= 15 is 0 Å². The number of carbonyl (C=O) groups excluding carboxylic acids is 2. The third-order valence-electron chi connectivity index (χ3n) is 2.42. The number of carbonyl (C=O) groups is 3. The molecule has 3 N–H and O–H groups in total. The summed E-state index contributed by atoms with van der Waals surface area (Å²) in [5, 5.41) is 17.4. The molecule has 9 heteroatoms. The molecule has 1 aliphatic rings. The van der Waals surface area contributed by atoms with Gasteiger partial charge in [-0.15, -0.1) is 0 Å². The number of morpholine rings is 1. The highest BCUT2D eigenvalue weighted by Crippen LogP contribution is 2.08. The van der Waals surface area contributed by atoms with Crippen LogP contribution in [0.15, 0.2) is 0 Å². The molecule has 0 radical (unpaired) electrons. The average Bonchev–Trinajstić information content (AvgIpc) is 2.36. The highest BCUT2D eigenvalue weighted by Gasteiger charge is 2.29. The first kappa shape index (κ1) is 14.7. The molecule has 0 aromatic rings. The van der Waals surface area contributed by atoms with Gasteiger partial charge >= 0.3 is 12.0 Å². The van der Waals surface area contributed by atoms with Crippen molar-refractivity contribution < 1.29 is 24.2 Å². The Labute approximate surface area is 109 Å². The van der Waals surface area contributed by atoms with Crippen LogP contribution in [0, 0.1) is 11.3 Å². The van der Waals surface area contributed by atoms with Crippen LogP contribution in [0.1, 0.15) is 0 Å². The first-order chi connectivity index (χ1) is 8.93. The fraction of sp³-hybridized carbons (Fsp3) is 0.600. The number of carboxylic acids is 1. The molecule has 0 aromatic carbocycles. The highest BCUT2D eigenvalue weighted by molar-refractivity contribution is 5.86. The summed E-state index contributed by atoms with van der Waals surface area (Å²) in [5.41, 5.74) is 4.97. The van der Waals surface area contributed by atoms with Crippen LogP contribution in [0.4, 0.5) is 4.79 Å². The fourth-order valence-corrected chi connectivity index (χ4v) is 1.64. The maximum atomic E-state index is 12.0. The fourth-order valence-electron chi connectivity index (χ4n) is 1.64. The van der Waals surface area contributed by atoms with Gasteiger partial charge in [-0.25, -0.2) is 4.79 Å². The van der Waals surface area contributed by atoms with Crippen LogP contribution in [0.5, 0.6) is 0 Å². The zero-order chi connectivity index (χ0) is 14.4. The number of urea groups is 1. The number of nitrogens with zero attached hydrogens (tertiary/aromatic N) is 3. The molecule has 1 fully saturated rings. The van der Waals surface area contributed by atoms with Crippen molar-refractivity contribution in [2.24, 2.45) is 5.73 Å². The van der Waals surface area contributed by atoms with Crippen molar-refractivity contribution in [3.8, 4) is 6.07 Å². The van der Waals surface area contributed by atoms with Gasteiger partial charge in [-0.2, -0.15) is 5.26 Å². The number of primary amides is 1. The van der Waals surface area contributed by atoms with Crippen molar-refractivity contribution in [1.29, 1.82) is 5.26 Å². The molecule has 0 aromatic heterocycles. The summed E-state index contributed by atoms with van der Waals surface area (Å²) in [6, 6.07) is 1.22. The number of hydrogen-bond acceptors (Lipinski definition) is 5. The van der Waals surface area contributed by atoms with Gasteiger partial charge in [0.05, 0.1) is 19.2 Å². The topological polar surface area (TPSA) is 137 Å². The minimum Gasteiger partial charge on any atom is -0.480 e. The summed E-state index contributed by atoms with van der Waals surface area (Å²) in [4.78, 5) is 35.6. The van der Waals surface area contributed by atoms with Crippen LogP contribution >= 0.6 is 0 Å². The van der Waals surface area contributed by atoms with Gasteiger partial charge in [0.1, 0.15) is 13.1 Å². The number of ether oxygens (including phenoxy) is 1. The van der Waals surface area contributed by atoms with Crippen molar-refractivity contribution in [2.75, 3.05) is 32.8 Å². The Hall–Kier alpha value is -2.34. The molecule has 0 aliphatic carbocycles. The van der Waals surface area contributed by atoms with E-state index < -0.39 is 37.1 Å². The molecule has 1 rings (SSSR count). The summed E-state index contributed by atoms with van der Waals surface area (Å²) < 4.78 is 5.07. The Balaban J connectivity index is 2.72. The number of rotatable bonds is 4. The Bertz CT molecular complexity index is 403. The average molecular weight is 270 g/mol. The van der Waals surface area contributed by atoms with Crippen LogP contribution in [-0.2, 0) is 14.3 Å². The molecule has 1 atom stereocenters. The lowest BCUT2D eigenvalue weighted by atomic mass is 10.3. The van der Waals surface area contributed by atoms with Gasteiger partial charge < -0.3 is 25.4 Å². The van der Waals surface area contributed by atoms with Gasteiger partial charge in [0.15, 0.2) is 6.10 Å². The predicted molar refractivity (Wildman–Crippen MR) is 60.7 cm³/mol. The van der Waals surface area contributed by atoms with Gasteiger partial charge in [-0.05, 0) is 0 Å². The molecule has 1 aliphatic heterocycles. The van der Waals surface area contributed by atoms with Gasteiger partial charge in [0.2, 0.25) is 5.91 Å². The quantitative estimate of drug-likeness (QED) is 0.618. The standard InChI is InChI=1S/C10H14N4O5/c11-3-7-4-13(1-2-19-7)10(18)14(5-8(12)15)6-9(16)17/h7H,1-2,4-6H2,(H2,12,15)(H,16,17). The number of amides is 3. The third-order valence-corrected chi connectivity index (χ3v) is 2.42. The molecular formula is C10H14N4O5. The summed E-state index contributed by atoms with van der Waals surface area (Å²) in [7, 11) is 0. The summed E-state index contributed by atoms with van der Waals surface area (Å²) in [5.74, 6) is -2.06. The Morgan fingerprint density at radius 1 is 1.47 bits per heavy atom. The molecule has 104 valence electrons. The monoisotopic (exact) mass is 270 g/mol. The van der Waals surface area contributed by atoms with Crippen LogP contribution in [0.25, 0.3) is 0 Å². The van der Waals surface area contributed by atoms with Gasteiger partial charge in [0, 0.05) is 6.54 Å². The normalized spacial score (nSPS) is 18.5. The molecule has 3 amide bonds. The van der Waals surface area contributed by atoms with E-state index in [4.69, 9.17) is 20.8 Å². The molecule has 9 nitrogen and oxygen atoms in total. The summed E-state index contributed by atoms with van der Waals surface area (Å²) in [6.45, 7) is -0.673.